The van der Waals surface area contributed by atoms with Gasteiger partial charge in [-0.1, -0.05) is 118 Å². The standard InChI is InChI=1S/C34H40Cl2N2O3/c1-34(2,3)27-17-10-11-20-31(27)41-23-32(39)38(22-26-28(35)18-12-19-29(26)36)30(21-24-13-6-4-7-14-24)33(40)37-25-15-8-5-9-16-25/h4,6-7,10-14,17-20,25,30H,5,8-9,15-16,21-23H2,1-3H3,(H,37,40)/t30-/m0/s1. The molecular weight excluding hydrogens is 555 g/mol. The Hall–Kier alpha value is -3.02. The van der Waals surface area contributed by atoms with Gasteiger partial charge in [0.1, 0.15) is 11.8 Å². The smallest absolute Gasteiger partial charge is 0.261 e. The van der Waals surface area contributed by atoms with E-state index in [4.69, 9.17) is 27.9 Å². The number of ether oxygens (including phenoxy) is 1. The summed E-state index contributed by atoms with van der Waals surface area (Å²) in [6, 6.07) is 22.1. The molecule has 2 amide bonds. The number of carbonyl (C=O) groups is 2. The van der Waals surface area contributed by atoms with Gasteiger partial charge in [0.2, 0.25) is 5.91 Å². The van der Waals surface area contributed by atoms with Gasteiger partial charge in [-0.15, -0.1) is 0 Å². The summed E-state index contributed by atoms with van der Waals surface area (Å²) in [5.41, 5.74) is 2.39. The van der Waals surface area contributed by atoms with Crippen molar-refractivity contribution in [1.29, 1.82) is 0 Å². The largest absolute Gasteiger partial charge is 0.483 e. The Balaban J connectivity index is 1.67. The van der Waals surface area contributed by atoms with Gasteiger partial charge >= 0.3 is 0 Å². The summed E-state index contributed by atoms with van der Waals surface area (Å²) in [6.45, 7) is 6.17. The first-order chi connectivity index (χ1) is 19.6. The molecule has 1 N–H and O–H groups in total. The van der Waals surface area contributed by atoms with Crippen molar-refractivity contribution in [3.05, 3.63) is 99.5 Å². The summed E-state index contributed by atoms with van der Waals surface area (Å²) in [6.07, 6.45) is 5.61. The number of rotatable bonds is 10. The quantitative estimate of drug-likeness (QED) is 0.261. The van der Waals surface area contributed by atoms with E-state index in [0.717, 1.165) is 36.8 Å². The molecule has 0 aromatic heterocycles. The van der Waals surface area contributed by atoms with Crippen molar-refractivity contribution < 1.29 is 14.3 Å². The number of hydrogen-bond donors (Lipinski definition) is 1. The summed E-state index contributed by atoms with van der Waals surface area (Å²) in [5, 5.41) is 4.14. The van der Waals surface area contributed by atoms with Gasteiger partial charge in [-0.05, 0) is 47.6 Å². The molecule has 218 valence electrons. The van der Waals surface area contributed by atoms with E-state index in [-0.39, 0.29) is 36.4 Å². The van der Waals surface area contributed by atoms with Crippen molar-refractivity contribution in [2.45, 2.75) is 83.3 Å². The van der Waals surface area contributed by atoms with E-state index in [0.29, 0.717) is 27.8 Å². The third-order valence-electron chi connectivity index (χ3n) is 7.66. The highest BCUT2D eigenvalue weighted by molar-refractivity contribution is 6.36. The number of hydrogen-bond acceptors (Lipinski definition) is 3. The zero-order valence-corrected chi connectivity index (χ0v) is 25.7. The topological polar surface area (TPSA) is 58.6 Å². The molecule has 7 heteroatoms. The zero-order chi connectivity index (χ0) is 29.4. The van der Waals surface area contributed by atoms with Crippen molar-refractivity contribution in [2.75, 3.05) is 6.61 Å². The van der Waals surface area contributed by atoms with Gasteiger partial charge in [0.25, 0.3) is 5.91 Å². The first-order valence-electron chi connectivity index (χ1n) is 14.4. The summed E-state index contributed by atoms with van der Waals surface area (Å²) in [4.78, 5) is 29.6. The number of benzene rings is 3. The Morgan fingerprint density at radius 2 is 1.54 bits per heavy atom. The second-order valence-electron chi connectivity index (χ2n) is 11.8. The third-order valence-corrected chi connectivity index (χ3v) is 8.37. The monoisotopic (exact) mass is 594 g/mol. The maximum atomic E-state index is 14.1. The van der Waals surface area contributed by atoms with Crippen molar-refractivity contribution in [1.82, 2.24) is 10.2 Å². The van der Waals surface area contributed by atoms with Gasteiger partial charge in [-0.3, -0.25) is 9.59 Å². The normalized spacial score (nSPS) is 14.8. The summed E-state index contributed by atoms with van der Waals surface area (Å²) >= 11 is 13.1. The van der Waals surface area contributed by atoms with E-state index in [1.165, 1.54) is 6.42 Å². The predicted octanol–water partition coefficient (Wildman–Crippen LogP) is 7.76. The number of para-hydroxylation sites is 1. The van der Waals surface area contributed by atoms with Gasteiger partial charge in [0, 0.05) is 34.6 Å². The minimum atomic E-state index is -0.777. The van der Waals surface area contributed by atoms with E-state index in [1.807, 2.05) is 54.6 Å². The fraction of sp³-hybridized carbons (Fsp3) is 0.412. The van der Waals surface area contributed by atoms with Crippen LogP contribution in [0.1, 0.15) is 69.6 Å². The zero-order valence-electron chi connectivity index (χ0n) is 24.2. The Morgan fingerprint density at radius 1 is 0.902 bits per heavy atom. The average molecular weight is 596 g/mol. The molecule has 0 spiro atoms. The second-order valence-corrected chi connectivity index (χ2v) is 12.6. The number of amides is 2. The van der Waals surface area contributed by atoms with Crippen LogP contribution in [0.4, 0.5) is 0 Å². The fourth-order valence-electron chi connectivity index (χ4n) is 5.39. The van der Waals surface area contributed by atoms with Gasteiger partial charge in [0.15, 0.2) is 6.61 Å². The maximum absolute atomic E-state index is 14.1. The Bertz CT molecular complexity index is 1300. The SMILES string of the molecule is CC(C)(C)c1ccccc1OCC(=O)N(Cc1c(Cl)cccc1Cl)[C@@H](Cc1ccccc1)C(=O)NC1CCCCC1. The van der Waals surface area contributed by atoms with E-state index in [1.54, 1.807) is 23.1 Å². The highest BCUT2D eigenvalue weighted by Gasteiger charge is 2.33. The molecule has 5 nitrogen and oxygen atoms in total. The van der Waals surface area contributed by atoms with Crippen molar-refractivity contribution >= 4 is 35.0 Å². The first-order valence-corrected chi connectivity index (χ1v) is 15.2. The number of nitrogens with one attached hydrogen (secondary N) is 1. The summed E-state index contributed by atoms with van der Waals surface area (Å²) in [5.74, 6) is 0.159. The van der Waals surface area contributed by atoms with Crippen LogP contribution in [-0.2, 0) is 28.0 Å². The van der Waals surface area contributed by atoms with Crippen molar-refractivity contribution in [2.24, 2.45) is 0 Å². The van der Waals surface area contributed by atoms with Gasteiger partial charge in [-0.25, -0.2) is 0 Å². The van der Waals surface area contributed by atoms with E-state index < -0.39 is 6.04 Å². The minimum Gasteiger partial charge on any atom is -0.483 e. The summed E-state index contributed by atoms with van der Waals surface area (Å²) in [7, 11) is 0. The van der Waals surface area contributed by atoms with Crippen LogP contribution < -0.4 is 10.1 Å². The summed E-state index contributed by atoms with van der Waals surface area (Å²) < 4.78 is 6.15. The van der Waals surface area contributed by atoms with Gasteiger partial charge < -0.3 is 15.0 Å². The van der Waals surface area contributed by atoms with Crippen LogP contribution in [0.25, 0.3) is 0 Å². The first kappa shape index (κ1) is 30.9. The lowest BCUT2D eigenvalue weighted by atomic mass is 9.86. The number of carbonyl (C=O) groups excluding carboxylic acids is 2. The van der Waals surface area contributed by atoms with Crippen LogP contribution in [0.5, 0.6) is 5.75 Å². The molecule has 1 fully saturated rings. The molecule has 1 aliphatic carbocycles. The van der Waals surface area contributed by atoms with Crippen molar-refractivity contribution in [3.63, 3.8) is 0 Å². The molecule has 1 aliphatic rings. The molecule has 0 aliphatic heterocycles. The predicted molar refractivity (Wildman–Crippen MR) is 167 cm³/mol. The lowest BCUT2D eigenvalue weighted by molar-refractivity contribution is -0.143. The lowest BCUT2D eigenvalue weighted by Crippen LogP contribution is -2.53. The van der Waals surface area contributed by atoms with Crippen LogP contribution in [0, 0.1) is 0 Å². The minimum absolute atomic E-state index is 0.0806. The Morgan fingerprint density at radius 3 is 2.20 bits per heavy atom. The second kappa shape index (κ2) is 14.2. The van der Waals surface area contributed by atoms with Crippen LogP contribution in [0.2, 0.25) is 10.0 Å². The molecule has 3 aromatic carbocycles. The van der Waals surface area contributed by atoms with Crippen LogP contribution in [0.15, 0.2) is 72.8 Å². The highest BCUT2D eigenvalue weighted by Crippen LogP contribution is 2.32. The molecule has 3 aromatic rings. The van der Waals surface area contributed by atoms with Crippen molar-refractivity contribution in [3.8, 4) is 5.75 Å². The number of nitrogens with zero attached hydrogens (tertiary/aromatic N) is 1. The Kier molecular flexibility index (Phi) is 10.7. The van der Waals surface area contributed by atoms with Crippen LogP contribution >= 0.6 is 23.2 Å². The molecule has 0 heterocycles. The molecule has 4 rings (SSSR count). The van der Waals surface area contributed by atoms with Gasteiger partial charge in [0.05, 0.1) is 0 Å². The fourth-order valence-corrected chi connectivity index (χ4v) is 5.90. The van der Waals surface area contributed by atoms with Crippen LogP contribution in [0.3, 0.4) is 0 Å². The molecule has 0 saturated heterocycles. The number of halogens is 2. The van der Waals surface area contributed by atoms with E-state index >= 15 is 0 Å². The Labute approximate surface area is 254 Å². The lowest BCUT2D eigenvalue weighted by Gasteiger charge is -2.34. The molecule has 0 bridgehead atoms. The van der Waals surface area contributed by atoms with E-state index in [9.17, 15) is 9.59 Å². The highest BCUT2D eigenvalue weighted by atomic mass is 35.5. The molecule has 0 radical (unpaired) electrons. The maximum Gasteiger partial charge on any atom is 0.261 e. The van der Waals surface area contributed by atoms with E-state index in [2.05, 4.69) is 26.1 Å². The molecule has 41 heavy (non-hydrogen) atoms. The average Bonchev–Trinajstić information content (AvgIpc) is 2.95. The van der Waals surface area contributed by atoms with Crippen LogP contribution in [-0.4, -0.2) is 35.4 Å². The molecule has 1 saturated carbocycles. The third kappa shape index (κ3) is 8.50. The molecular formula is C34H40Cl2N2O3. The molecule has 1 atom stereocenters. The van der Waals surface area contributed by atoms with Gasteiger partial charge in [-0.2, -0.15) is 0 Å². The molecule has 0 unspecified atom stereocenters.